The van der Waals surface area contributed by atoms with E-state index < -0.39 is 0 Å². The van der Waals surface area contributed by atoms with Gasteiger partial charge in [-0.15, -0.1) is 0 Å². The number of halogens is 1. The second-order valence-electron chi connectivity index (χ2n) is 2.99. The van der Waals surface area contributed by atoms with Gasteiger partial charge in [0, 0.05) is 6.20 Å². The molecule has 0 N–H and O–H groups in total. The molecule has 0 amide bonds. The van der Waals surface area contributed by atoms with Gasteiger partial charge in [0.2, 0.25) is 0 Å². The summed E-state index contributed by atoms with van der Waals surface area (Å²) < 4.78 is 1.51. The van der Waals surface area contributed by atoms with Crippen molar-refractivity contribution in [2.45, 2.75) is 6.92 Å². The Bertz CT molecular complexity index is 519. The van der Waals surface area contributed by atoms with Crippen LogP contribution in [0.5, 0.6) is 0 Å². The molecule has 0 aliphatic heterocycles. The van der Waals surface area contributed by atoms with Crippen molar-refractivity contribution >= 4 is 11.6 Å². The molecule has 2 aromatic rings. The molecule has 0 spiro atoms. The van der Waals surface area contributed by atoms with Crippen molar-refractivity contribution in [2.75, 3.05) is 0 Å². The van der Waals surface area contributed by atoms with E-state index in [1.807, 2.05) is 0 Å². The molecule has 0 bridgehead atoms. The molecule has 0 aliphatic rings. The second kappa shape index (κ2) is 3.71. The van der Waals surface area contributed by atoms with E-state index in [-0.39, 0.29) is 0 Å². The van der Waals surface area contributed by atoms with Crippen LogP contribution in [-0.4, -0.2) is 14.8 Å². The number of nitriles is 1. The Balaban J connectivity index is 2.59. The molecule has 0 radical (unpaired) electrons. The number of nitrogens with zero attached hydrogens (tertiary/aromatic N) is 4. The third-order valence-corrected chi connectivity index (χ3v) is 2.33. The number of pyridine rings is 1. The summed E-state index contributed by atoms with van der Waals surface area (Å²) in [4.78, 5) is 4.09. The molecule has 0 saturated carbocycles. The Morgan fingerprint density at radius 2 is 2.33 bits per heavy atom. The summed E-state index contributed by atoms with van der Waals surface area (Å²) in [5.74, 6) is 0.495. The molecule has 0 aromatic carbocycles. The Morgan fingerprint density at radius 1 is 1.53 bits per heavy atom. The van der Waals surface area contributed by atoms with Gasteiger partial charge in [0.25, 0.3) is 0 Å². The maximum atomic E-state index is 8.89. The average Bonchev–Trinajstić information content (AvgIpc) is 2.59. The Morgan fingerprint density at radius 3 is 2.93 bits per heavy atom. The quantitative estimate of drug-likeness (QED) is 0.737. The molecule has 0 aliphatic carbocycles. The summed E-state index contributed by atoms with van der Waals surface area (Å²) in [6, 6.07) is 5.45. The highest BCUT2D eigenvalue weighted by Crippen LogP contribution is 2.16. The number of hydrogen-bond acceptors (Lipinski definition) is 3. The van der Waals surface area contributed by atoms with E-state index in [4.69, 9.17) is 16.9 Å². The molecule has 74 valence electrons. The summed E-state index contributed by atoms with van der Waals surface area (Å²) in [5, 5.41) is 13.6. The highest BCUT2D eigenvalue weighted by Gasteiger charge is 2.08. The van der Waals surface area contributed by atoms with Crippen molar-refractivity contribution in [2.24, 2.45) is 0 Å². The van der Waals surface area contributed by atoms with Crippen LogP contribution >= 0.6 is 11.6 Å². The molecular formula is C10H7ClN4. The average molecular weight is 219 g/mol. The van der Waals surface area contributed by atoms with Crippen molar-refractivity contribution < 1.29 is 0 Å². The molecule has 15 heavy (non-hydrogen) atoms. The molecule has 0 saturated heterocycles. The number of aromatic nitrogens is 3. The molecule has 4 nitrogen and oxygen atoms in total. The SMILES string of the molecule is Cc1nn(-c2ncccc2C#N)cc1Cl. The van der Waals surface area contributed by atoms with Crippen molar-refractivity contribution in [3.05, 3.63) is 40.8 Å². The lowest BCUT2D eigenvalue weighted by Crippen LogP contribution is -2.00. The van der Waals surface area contributed by atoms with E-state index in [1.54, 1.807) is 31.5 Å². The summed E-state index contributed by atoms with van der Waals surface area (Å²) in [7, 11) is 0. The second-order valence-corrected chi connectivity index (χ2v) is 3.40. The Kier molecular flexibility index (Phi) is 2.40. The van der Waals surface area contributed by atoms with Crippen LogP contribution in [0.15, 0.2) is 24.5 Å². The van der Waals surface area contributed by atoms with Gasteiger partial charge in [0.15, 0.2) is 5.82 Å². The van der Waals surface area contributed by atoms with Gasteiger partial charge in [-0.3, -0.25) is 0 Å². The van der Waals surface area contributed by atoms with E-state index in [2.05, 4.69) is 16.2 Å². The van der Waals surface area contributed by atoms with E-state index in [0.29, 0.717) is 22.1 Å². The zero-order chi connectivity index (χ0) is 10.8. The van der Waals surface area contributed by atoms with Crippen molar-refractivity contribution in [3.8, 4) is 11.9 Å². The van der Waals surface area contributed by atoms with Crippen LogP contribution in [-0.2, 0) is 0 Å². The third-order valence-electron chi connectivity index (χ3n) is 1.96. The monoisotopic (exact) mass is 218 g/mol. The van der Waals surface area contributed by atoms with Crippen LogP contribution in [0, 0.1) is 18.3 Å². The first-order valence-corrected chi connectivity index (χ1v) is 4.67. The van der Waals surface area contributed by atoms with Crippen molar-refractivity contribution in [3.63, 3.8) is 0 Å². The van der Waals surface area contributed by atoms with Gasteiger partial charge in [0.05, 0.1) is 22.5 Å². The topological polar surface area (TPSA) is 54.5 Å². The Labute approximate surface area is 91.7 Å². The summed E-state index contributed by atoms with van der Waals surface area (Å²) in [6.07, 6.45) is 3.25. The molecule has 0 unspecified atom stereocenters. The van der Waals surface area contributed by atoms with E-state index >= 15 is 0 Å². The van der Waals surface area contributed by atoms with E-state index in [1.165, 1.54) is 4.68 Å². The van der Waals surface area contributed by atoms with Gasteiger partial charge in [-0.25, -0.2) is 9.67 Å². The predicted molar refractivity (Wildman–Crippen MR) is 55.8 cm³/mol. The summed E-state index contributed by atoms with van der Waals surface area (Å²) in [6.45, 7) is 1.80. The third kappa shape index (κ3) is 1.69. The van der Waals surface area contributed by atoms with Crippen molar-refractivity contribution in [1.82, 2.24) is 14.8 Å². The highest BCUT2D eigenvalue weighted by atomic mass is 35.5. The van der Waals surface area contributed by atoms with Crippen molar-refractivity contribution in [1.29, 1.82) is 5.26 Å². The summed E-state index contributed by atoms with van der Waals surface area (Å²) in [5.41, 5.74) is 1.18. The number of rotatable bonds is 1. The summed E-state index contributed by atoms with van der Waals surface area (Å²) >= 11 is 5.88. The minimum absolute atomic E-state index is 0.469. The van der Waals surface area contributed by atoms with Crippen LogP contribution in [0.3, 0.4) is 0 Å². The molecule has 2 rings (SSSR count). The van der Waals surface area contributed by atoms with Crippen LogP contribution < -0.4 is 0 Å². The van der Waals surface area contributed by atoms with Gasteiger partial charge in [-0.05, 0) is 19.1 Å². The minimum Gasteiger partial charge on any atom is -0.236 e. The van der Waals surface area contributed by atoms with Crippen LogP contribution in [0.25, 0.3) is 5.82 Å². The number of hydrogen-bond donors (Lipinski definition) is 0. The fraction of sp³-hybridized carbons (Fsp3) is 0.100. The maximum Gasteiger partial charge on any atom is 0.171 e. The van der Waals surface area contributed by atoms with Crippen LogP contribution in [0.4, 0.5) is 0 Å². The smallest absolute Gasteiger partial charge is 0.171 e. The fourth-order valence-corrected chi connectivity index (χ4v) is 1.34. The molecular weight excluding hydrogens is 212 g/mol. The van der Waals surface area contributed by atoms with Crippen LogP contribution in [0.1, 0.15) is 11.3 Å². The van der Waals surface area contributed by atoms with Gasteiger partial charge in [-0.1, -0.05) is 11.6 Å². The molecule has 2 aromatic heterocycles. The highest BCUT2D eigenvalue weighted by molar-refractivity contribution is 6.31. The molecule has 0 atom stereocenters. The zero-order valence-electron chi connectivity index (χ0n) is 7.98. The lowest BCUT2D eigenvalue weighted by molar-refractivity contribution is 0.829. The van der Waals surface area contributed by atoms with Gasteiger partial charge in [0.1, 0.15) is 6.07 Å². The van der Waals surface area contributed by atoms with Gasteiger partial charge < -0.3 is 0 Å². The fourth-order valence-electron chi connectivity index (χ4n) is 1.21. The first-order valence-electron chi connectivity index (χ1n) is 4.29. The Hall–Kier alpha value is -1.86. The van der Waals surface area contributed by atoms with Crippen LogP contribution in [0.2, 0.25) is 5.02 Å². The molecule has 5 heteroatoms. The maximum absolute atomic E-state index is 8.89. The van der Waals surface area contributed by atoms with Gasteiger partial charge >= 0.3 is 0 Å². The van der Waals surface area contributed by atoms with E-state index in [0.717, 1.165) is 0 Å². The lowest BCUT2D eigenvalue weighted by atomic mass is 10.3. The minimum atomic E-state index is 0.469. The van der Waals surface area contributed by atoms with E-state index in [9.17, 15) is 0 Å². The molecule has 0 fully saturated rings. The standard InChI is InChI=1S/C10H7ClN4/c1-7-9(11)6-15(14-7)10-8(5-12)3-2-4-13-10/h2-4,6H,1H3. The normalized spacial score (nSPS) is 9.93. The van der Waals surface area contributed by atoms with Gasteiger partial charge in [-0.2, -0.15) is 10.4 Å². The molecule has 2 heterocycles. The largest absolute Gasteiger partial charge is 0.236 e. The number of aryl methyl sites for hydroxylation is 1. The predicted octanol–water partition coefficient (Wildman–Crippen LogP) is 2.10. The lowest BCUT2D eigenvalue weighted by Gasteiger charge is -2.00. The first kappa shape index (κ1) is 9.69. The zero-order valence-corrected chi connectivity index (χ0v) is 8.73. The first-order chi connectivity index (χ1) is 7.22.